The highest BCUT2D eigenvalue weighted by Gasteiger charge is 2.21. The van der Waals surface area contributed by atoms with Crippen LogP contribution in [0.15, 0.2) is 36.4 Å². The monoisotopic (exact) mass is 414 g/mol. The van der Waals surface area contributed by atoms with Crippen molar-refractivity contribution >= 4 is 34.3 Å². The Labute approximate surface area is 174 Å². The number of benzene rings is 1. The van der Waals surface area contributed by atoms with Crippen LogP contribution in [0.2, 0.25) is 5.15 Å². The highest BCUT2D eigenvalue weighted by atomic mass is 35.5. The van der Waals surface area contributed by atoms with Gasteiger partial charge in [-0.3, -0.25) is 4.79 Å². The van der Waals surface area contributed by atoms with Crippen molar-refractivity contribution in [2.75, 3.05) is 20.3 Å². The number of fused-ring (bicyclic) bond motifs is 1. The lowest BCUT2D eigenvalue weighted by Gasteiger charge is -2.17. The van der Waals surface area contributed by atoms with E-state index < -0.39 is 5.97 Å². The van der Waals surface area contributed by atoms with Crippen LogP contribution >= 0.6 is 11.6 Å². The van der Waals surface area contributed by atoms with Crippen LogP contribution in [0, 0.1) is 13.8 Å². The van der Waals surface area contributed by atoms with Gasteiger partial charge in [0.15, 0.2) is 6.61 Å². The molecule has 0 saturated carbocycles. The summed E-state index contributed by atoms with van der Waals surface area (Å²) in [4.78, 5) is 29.5. The fourth-order valence-corrected chi connectivity index (χ4v) is 3.85. The van der Waals surface area contributed by atoms with Crippen molar-refractivity contribution < 1.29 is 19.1 Å². The number of aromatic nitrogens is 2. The Morgan fingerprint density at radius 3 is 2.62 bits per heavy atom. The van der Waals surface area contributed by atoms with Crippen molar-refractivity contribution in [3.8, 4) is 0 Å². The molecule has 29 heavy (non-hydrogen) atoms. The molecular weight excluding hydrogens is 392 g/mol. The molecule has 1 aromatic carbocycles. The number of pyridine rings is 1. The molecule has 0 aliphatic rings. The lowest BCUT2D eigenvalue weighted by molar-refractivity contribution is 0.0476. The molecule has 7 heteroatoms. The molecule has 0 amide bonds. The number of methoxy groups -OCH3 is 1. The molecule has 2 heterocycles. The summed E-state index contributed by atoms with van der Waals surface area (Å²) in [5, 5.41) is 0.818. The molecule has 0 spiro atoms. The Morgan fingerprint density at radius 2 is 1.90 bits per heavy atom. The van der Waals surface area contributed by atoms with Crippen LogP contribution in [0.1, 0.15) is 45.1 Å². The number of nitrogens with zero attached hydrogens (tertiary/aromatic N) is 2. The number of halogens is 1. The predicted octanol–water partition coefficient (Wildman–Crippen LogP) is 4.55. The van der Waals surface area contributed by atoms with Gasteiger partial charge in [0, 0.05) is 29.4 Å². The quantitative estimate of drug-likeness (QED) is 0.322. The molecule has 3 rings (SSSR count). The summed E-state index contributed by atoms with van der Waals surface area (Å²) in [5.74, 6) is -0.868. The number of rotatable bonds is 7. The number of esters is 1. The number of carbonyl (C=O) groups excluding carboxylic acids is 2. The Kier molecular flexibility index (Phi) is 6.35. The fraction of sp³-hybridized carbons (Fsp3) is 0.318. The first kappa shape index (κ1) is 21.0. The molecule has 2 aromatic heterocycles. The topological polar surface area (TPSA) is 70.4 Å². The number of ether oxygens (including phenoxy) is 2. The SMILES string of the molecule is COC[C@H](C)n1c(C)cc(C(=O)COC(=O)c2cc(Cl)nc3ccccc23)c1C. The van der Waals surface area contributed by atoms with Gasteiger partial charge in [0.2, 0.25) is 5.78 Å². The highest BCUT2D eigenvalue weighted by molar-refractivity contribution is 6.30. The average Bonchev–Trinajstić information content (AvgIpc) is 2.99. The summed E-state index contributed by atoms with van der Waals surface area (Å²) in [5.41, 5.74) is 3.19. The molecule has 0 fully saturated rings. The third-order valence-corrected chi connectivity index (χ3v) is 5.07. The summed E-state index contributed by atoms with van der Waals surface area (Å²) in [6.45, 7) is 6.03. The van der Waals surface area contributed by atoms with Gasteiger partial charge in [-0.15, -0.1) is 0 Å². The van der Waals surface area contributed by atoms with Crippen molar-refractivity contribution in [1.82, 2.24) is 9.55 Å². The lowest BCUT2D eigenvalue weighted by Crippen LogP contribution is -2.17. The summed E-state index contributed by atoms with van der Waals surface area (Å²) in [6, 6.07) is 10.5. The fourth-order valence-electron chi connectivity index (χ4n) is 3.65. The number of ketones is 1. The van der Waals surface area contributed by atoms with E-state index in [0.717, 1.165) is 11.4 Å². The van der Waals surface area contributed by atoms with Crippen LogP contribution in [-0.4, -0.2) is 41.6 Å². The maximum atomic E-state index is 12.7. The van der Waals surface area contributed by atoms with Crippen molar-refractivity contribution in [2.24, 2.45) is 0 Å². The van der Waals surface area contributed by atoms with Crippen molar-refractivity contribution in [3.63, 3.8) is 0 Å². The van der Waals surface area contributed by atoms with Crippen LogP contribution in [0.5, 0.6) is 0 Å². The molecule has 0 radical (unpaired) electrons. The van der Waals surface area contributed by atoms with Gasteiger partial charge >= 0.3 is 5.97 Å². The summed E-state index contributed by atoms with van der Waals surface area (Å²) < 4.78 is 12.6. The molecule has 0 aliphatic heterocycles. The minimum absolute atomic E-state index is 0.0921. The van der Waals surface area contributed by atoms with Crippen molar-refractivity contribution in [2.45, 2.75) is 26.8 Å². The Bertz CT molecular complexity index is 1070. The van der Waals surface area contributed by atoms with E-state index in [1.165, 1.54) is 6.07 Å². The summed E-state index contributed by atoms with van der Waals surface area (Å²) >= 11 is 6.02. The van der Waals surface area contributed by atoms with Crippen LogP contribution in [0.3, 0.4) is 0 Å². The van der Waals surface area contributed by atoms with E-state index in [1.807, 2.05) is 32.9 Å². The minimum Gasteiger partial charge on any atom is -0.454 e. The minimum atomic E-state index is -0.611. The van der Waals surface area contributed by atoms with E-state index in [4.69, 9.17) is 21.1 Å². The third kappa shape index (κ3) is 4.33. The van der Waals surface area contributed by atoms with Gasteiger partial charge in [0.1, 0.15) is 5.15 Å². The van der Waals surface area contributed by atoms with E-state index in [1.54, 1.807) is 25.3 Å². The number of aryl methyl sites for hydroxylation is 1. The maximum Gasteiger partial charge on any atom is 0.339 e. The Morgan fingerprint density at radius 1 is 1.17 bits per heavy atom. The van der Waals surface area contributed by atoms with Crippen LogP contribution in [-0.2, 0) is 9.47 Å². The van der Waals surface area contributed by atoms with E-state index in [0.29, 0.717) is 23.1 Å². The van der Waals surface area contributed by atoms with Crippen LogP contribution < -0.4 is 0 Å². The lowest BCUT2D eigenvalue weighted by atomic mass is 10.1. The van der Waals surface area contributed by atoms with Gasteiger partial charge in [0.05, 0.1) is 23.7 Å². The molecule has 0 unspecified atom stereocenters. The van der Waals surface area contributed by atoms with E-state index in [2.05, 4.69) is 9.55 Å². The van der Waals surface area contributed by atoms with E-state index in [9.17, 15) is 9.59 Å². The zero-order valence-electron chi connectivity index (χ0n) is 16.9. The second kappa shape index (κ2) is 8.76. The molecule has 152 valence electrons. The van der Waals surface area contributed by atoms with Crippen LogP contribution in [0.4, 0.5) is 0 Å². The third-order valence-electron chi connectivity index (χ3n) is 4.87. The Balaban J connectivity index is 1.78. The van der Waals surface area contributed by atoms with Crippen LogP contribution in [0.25, 0.3) is 10.9 Å². The molecule has 3 aromatic rings. The summed E-state index contributed by atoms with van der Waals surface area (Å²) in [6.07, 6.45) is 0. The maximum absolute atomic E-state index is 12.7. The zero-order chi connectivity index (χ0) is 21.1. The normalized spacial score (nSPS) is 12.2. The average molecular weight is 415 g/mol. The molecule has 6 nitrogen and oxygen atoms in total. The van der Waals surface area contributed by atoms with Gasteiger partial charge in [-0.2, -0.15) is 0 Å². The van der Waals surface area contributed by atoms with E-state index in [-0.39, 0.29) is 29.1 Å². The zero-order valence-corrected chi connectivity index (χ0v) is 17.6. The molecule has 0 bridgehead atoms. The number of carbonyl (C=O) groups is 2. The van der Waals surface area contributed by atoms with Gasteiger partial charge in [-0.1, -0.05) is 29.8 Å². The first-order valence-electron chi connectivity index (χ1n) is 9.26. The molecule has 1 atom stereocenters. The van der Waals surface area contributed by atoms with Gasteiger partial charge < -0.3 is 14.0 Å². The molecule has 0 saturated heterocycles. The summed E-state index contributed by atoms with van der Waals surface area (Å²) in [7, 11) is 1.64. The first-order chi connectivity index (χ1) is 13.8. The first-order valence-corrected chi connectivity index (χ1v) is 9.64. The second-order valence-corrected chi connectivity index (χ2v) is 7.36. The van der Waals surface area contributed by atoms with E-state index >= 15 is 0 Å². The second-order valence-electron chi connectivity index (χ2n) is 6.97. The van der Waals surface area contributed by atoms with Gasteiger partial charge in [-0.05, 0) is 39.0 Å². The molecule has 0 aliphatic carbocycles. The van der Waals surface area contributed by atoms with Crippen molar-refractivity contribution in [1.29, 1.82) is 0 Å². The highest BCUT2D eigenvalue weighted by Crippen LogP contribution is 2.23. The van der Waals surface area contributed by atoms with Gasteiger partial charge in [0.25, 0.3) is 0 Å². The van der Waals surface area contributed by atoms with Crippen molar-refractivity contribution in [3.05, 3.63) is 64.1 Å². The predicted molar refractivity (Wildman–Crippen MR) is 112 cm³/mol. The standard InChI is InChI=1S/C22H23ClN2O4/c1-13-9-17(15(3)25(13)14(2)11-28-4)20(26)12-29-22(27)18-10-21(23)24-19-8-6-5-7-16(18)19/h5-10,14H,11-12H2,1-4H3/t14-/m0/s1. The van der Waals surface area contributed by atoms with Gasteiger partial charge in [-0.25, -0.2) is 9.78 Å². The molecular formula is C22H23ClN2O4. The number of hydrogen-bond donors (Lipinski definition) is 0. The number of Topliss-reactive ketones (excluding diaryl/α,β-unsaturated/α-hetero) is 1. The molecule has 0 N–H and O–H groups in total. The Hall–Kier alpha value is -2.70. The smallest absolute Gasteiger partial charge is 0.339 e. The largest absolute Gasteiger partial charge is 0.454 e. The number of hydrogen-bond acceptors (Lipinski definition) is 5. The number of para-hydroxylation sites is 1.